The Hall–Kier alpha value is -3.88. The number of likely N-dealkylation sites (tertiary alicyclic amines) is 1. The van der Waals surface area contributed by atoms with Crippen molar-refractivity contribution < 1.29 is 14.3 Å². The zero-order chi connectivity index (χ0) is 30.0. The summed E-state index contributed by atoms with van der Waals surface area (Å²) in [6.45, 7) is 5.34. The Morgan fingerprint density at radius 3 is 2.42 bits per heavy atom. The van der Waals surface area contributed by atoms with Crippen LogP contribution in [0.15, 0.2) is 78.9 Å². The van der Waals surface area contributed by atoms with E-state index in [9.17, 15) is 4.79 Å². The summed E-state index contributed by atoms with van der Waals surface area (Å²) in [6, 6.07) is 26.6. The number of rotatable bonds is 14. The summed E-state index contributed by atoms with van der Waals surface area (Å²) in [5.41, 5.74) is 4.15. The van der Waals surface area contributed by atoms with Crippen LogP contribution in [0.5, 0.6) is 5.75 Å². The van der Waals surface area contributed by atoms with Crippen molar-refractivity contribution in [2.24, 2.45) is 0 Å². The molecule has 1 amide bonds. The first-order chi connectivity index (χ1) is 21.1. The number of hydrogen-bond acceptors (Lipinski definition) is 6. The molecule has 43 heavy (non-hydrogen) atoms. The largest absolute Gasteiger partial charge is 0.497 e. The number of benzene rings is 3. The van der Waals surface area contributed by atoms with E-state index in [-0.39, 0.29) is 11.8 Å². The third-order valence-corrected chi connectivity index (χ3v) is 8.55. The summed E-state index contributed by atoms with van der Waals surface area (Å²) in [4.78, 5) is 22.5. The number of fused-ring (bicyclic) bond motifs is 1. The van der Waals surface area contributed by atoms with E-state index in [1.165, 1.54) is 11.1 Å². The number of piperidine rings is 1. The number of aryl methyl sites for hydroxylation is 1. The van der Waals surface area contributed by atoms with Crippen LogP contribution in [0, 0.1) is 0 Å². The van der Waals surface area contributed by atoms with Crippen LogP contribution >= 0.6 is 0 Å². The lowest BCUT2D eigenvalue weighted by Crippen LogP contribution is -2.40. The van der Waals surface area contributed by atoms with Crippen molar-refractivity contribution in [1.29, 1.82) is 0 Å². The van der Waals surface area contributed by atoms with Gasteiger partial charge in [-0.25, -0.2) is 4.98 Å². The van der Waals surface area contributed by atoms with E-state index in [4.69, 9.17) is 14.5 Å². The summed E-state index contributed by atoms with van der Waals surface area (Å²) in [6.07, 6.45) is 4.07. The highest BCUT2D eigenvalue weighted by molar-refractivity contribution is 5.94. The Bertz CT molecular complexity index is 1430. The molecule has 8 heteroatoms. The Kier molecular flexibility index (Phi) is 10.7. The van der Waals surface area contributed by atoms with Gasteiger partial charge in [0.15, 0.2) is 0 Å². The molecule has 3 aromatic carbocycles. The molecular formula is C35H45N5O3. The molecule has 0 bridgehead atoms. The molecule has 1 saturated heterocycles. The first-order valence-corrected chi connectivity index (χ1v) is 15.4. The van der Waals surface area contributed by atoms with Gasteiger partial charge in [-0.1, -0.05) is 42.5 Å². The first-order valence-electron chi connectivity index (χ1n) is 15.4. The topological polar surface area (TPSA) is 71.9 Å². The Labute approximate surface area is 255 Å². The number of imidazole rings is 1. The van der Waals surface area contributed by atoms with E-state index < -0.39 is 0 Å². The third-order valence-electron chi connectivity index (χ3n) is 8.55. The van der Waals surface area contributed by atoms with Crippen molar-refractivity contribution in [2.75, 3.05) is 59.4 Å². The number of methoxy groups -OCH3 is 2. The average Bonchev–Trinajstić information content (AvgIpc) is 3.40. The van der Waals surface area contributed by atoms with Crippen LogP contribution in [0.2, 0.25) is 0 Å². The molecule has 5 rings (SSSR count). The third kappa shape index (κ3) is 7.94. The summed E-state index contributed by atoms with van der Waals surface area (Å²) >= 11 is 0. The average molecular weight is 584 g/mol. The van der Waals surface area contributed by atoms with Crippen LogP contribution in [-0.2, 0) is 11.3 Å². The van der Waals surface area contributed by atoms with Crippen LogP contribution in [0.3, 0.4) is 0 Å². The number of likely N-dealkylation sites (N-methyl/N-ethyl adjacent to an activating group) is 1. The highest BCUT2D eigenvalue weighted by atomic mass is 16.5. The number of nitrogens with zero attached hydrogens (tertiary/aromatic N) is 4. The molecule has 228 valence electrons. The Morgan fingerprint density at radius 1 is 0.977 bits per heavy atom. The summed E-state index contributed by atoms with van der Waals surface area (Å²) in [5.74, 6) is 2.09. The number of nitrogens with one attached hydrogen (secondary N) is 1. The van der Waals surface area contributed by atoms with E-state index >= 15 is 0 Å². The second kappa shape index (κ2) is 15.0. The fourth-order valence-corrected chi connectivity index (χ4v) is 6.05. The van der Waals surface area contributed by atoms with E-state index in [0.29, 0.717) is 12.6 Å². The van der Waals surface area contributed by atoms with Gasteiger partial charge in [-0.05, 0) is 74.2 Å². The van der Waals surface area contributed by atoms with E-state index in [1.807, 2.05) is 60.5 Å². The molecule has 8 nitrogen and oxygen atoms in total. The highest BCUT2D eigenvalue weighted by Crippen LogP contribution is 2.27. The maximum Gasteiger partial charge on any atom is 0.253 e. The highest BCUT2D eigenvalue weighted by Gasteiger charge is 2.24. The molecule has 2 heterocycles. The van der Waals surface area contributed by atoms with Crippen LogP contribution < -0.4 is 10.1 Å². The van der Waals surface area contributed by atoms with Crippen molar-refractivity contribution in [3.8, 4) is 5.75 Å². The van der Waals surface area contributed by atoms with Gasteiger partial charge in [-0.2, -0.15) is 0 Å². The molecule has 1 aliphatic heterocycles. The van der Waals surface area contributed by atoms with Gasteiger partial charge in [-0.15, -0.1) is 0 Å². The molecule has 1 aromatic heterocycles. The normalized spacial score (nSPS) is 15.0. The number of carbonyl (C=O) groups excluding carboxylic acids is 1. The molecule has 4 aromatic rings. The lowest BCUT2D eigenvalue weighted by Gasteiger charge is -2.34. The van der Waals surface area contributed by atoms with Gasteiger partial charge in [0.25, 0.3) is 5.91 Å². The number of ether oxygens (including phenoxy) is 2. The minimum atomic E-state index is 0.0549. The quantitative estimate of drug-likeness (QED) is 0.186. The molecule has 0 aliphatic carbocycles. The zero-order valence-corrected chi connectivity index (χ0v) is 25.7. The SMILES string of the molecule is COCCCn1c(NC2CCN(CCC(CN(C)C(=O)c3ccccc3)c3ccc(OC)cc3)CC2)nc2ccccc21. The van der Waals surface area contributed by atoms with Gasteiger partial charge in [0.1, 0.15) is 5.75 Å². The molecule has 0 spiro atoms. The number of amides is 1. The van der Waals surface area contributed by atoms with E-state index in [1.54, 1.807) is 14.2 Å². The van der Waals surface area contributed by atoms with Crippen LogP contribution in [0.25, 0.3) is 11.0 Å². The lowest BCUT2D eigenvalue weighted by molar-refractivity contribution is 0.0782. The van der Waals surface area contributed by atoms with E-state index in [0.717, 1.165) is 81.2 Å². The van der Waals surface area contributed by atoms with Gasteiger partial charge in [0, 0.05) is 64.5 Å². The van der Waals surface area contributed by atoms with E-state index in [2.05, 4.69) is 45.1 Å². The first kappa shape index (κ1) is 30.6. The summed E-state index contributed by atoms with van der Waals surface area (Å²) in [7, 11) is 5.35. The van der Waals surface area contributed by atoms with Crippen LogP contribution in [0.4, 0.5) is 5.95 Å². The van der Waals surface area contributed by atoms with Gasteiger partial charge < -0.3 is 29.2 Å². The molecule has 1 unspecified atom stereocenters. The molecule has 1 atom stereocenters. The number of anilines is 1. The minimum absolute atomic E-state index is 0.0549. The molecule has 1 N–H and O–H groups in total. The standard InChI is InChI=1S/C35H45N5O3/c1-38(34(41)28-10-5-4-6-11-28)26-29(27-14-16-31(43-3)17-15-27)18-22-39-23-19-30(20-24-39)36-35-37-32-12-7-8-13-33(32)40(35)21-9-25-42-2/h4-8,10-17,29-30H,9,18-26H2,1-3H3,(H,36,37). The molecule has 0 saturated carbocycles. The zero-order valence-electron chi connectivity index (χ0n) is 25.7. The number of carbonyl (C=O) groups is 1. The second-order valence-electron chi connectivity index (χ2n) is 11.5. The lowest BCUT2D eigenvalue weighted by atomic mass is 9.94. The fraction of sp³-hybridized carbons (Fsp3) is 0.429. The maximum atomic E-state index is 13.1. The molecule has 1 fully saturated rings. The predicted molar refractivity (Wildman–Crippen MR) is 173 cm³/mol. The summed E-state index contributed by atoms with van der Waals surface area (Å²) < 4.78 is 13.0. The van der Waals surface area contributed by atoms with Crippen molar-refractivity contribution in [3.63, 3.8) is 0 Å². The van der Waals surface area contributed by atoms with Crippen molar-refractivity contribution >= 4 is 22.9 Å². The predicted octanol–water partition coefficient (Wildman–Crippen LogP) is 5.90. The molecular weight excluding hydrogens is 538 g/mol. The molecule has 0 radical (unpaired) electrons. The van der Waals surface area contributed by atoms with Crippen molar-refractivity contribution in [2.45, 2.75) is 44.2 Å². The number of para-hydroxylation sites is 2. The maximum absolute atomic E-state index is 13.1. The van der Waals surface area contributed by atoms with Crippen molar-refractivity contribution in [1.82, 2.24) is 19.4 Å². The van der Waals surface area contributed by atoms with Crippen LogP contribution in [-0.4, -0.2) is 85.4 Å². The van der Waals surface area contributed by atoms with Gasteiger partial charge in [-0.3, -0.25) is 4.79 Å². The molecule has 1 aliphatic rings. The Morgan fingerprint density at radius 2 is 1.70 bits per heavy atom. The van der Waals surface area contributed by atoms with Crippen LogP contribution in [0.1, 0.15) is 47.5 Å². The Balaban J connectivity index is 1.19. The van der Waals surface area contributed by atoms with Gasteiger partial charge >= 0.3 is 0 Å². The fourth-order valence-electron chi connectivity index (χ4n) is 6.05. The second-order valence-corrected chi connectivity index (χ2v) is 11.5. The monoisotopic (exact) mass is 583 g/mol. The minimum Gasteiger partial charge on any atom is -0.497 e. The number of aromatic nitrogens is 2. The summed E-state index contributed by atoms with van der Waals surface area (Å²) in [5, 5.41) is 3.77. The van der Waals surface area contributed by atoms with Gasteiger partial charge in [0.05, 0.1) is 18.1 Å². The smallest absolute Gasteiger partial charge is 0.253 e. The van der Waals surface area contributed by atoms with Crippen molar-refractivity contribution in [3.05, 3.63) is 90.0 Å². The number of hydrogen-bond donors (Lipinski definition) is 1. The van der Waals surface area contributed by atoms with Gasteiger partial charge in [0.2, 0.25) is 5.95 Å².